The molecule has 0 fully saturated rings. The number of halogens is 3. The van der Waals surface area contributed by atoms with Crippen LogP contribution in [0.3, 0.4) is 0 Å². The average Bonchev–Trinajstić information content (AvgIpc) is 3.19. The van der Waals surface area contributed by atoms with Gasteiger partial charge in [-0.05, 0) is 24.0 Å². The van der Waals surface area contributed by atoms with E-state index in [0.717, 1.165) is 16.2 Å². The largest absolute Gasteiger partial charge is 0.458 e. The van der Waals surface area contributed by atoms with E-state index in [-0.39, 0.29) is 64.2 Å². The Bertz CT molecular complexity index is 1370. The molecule has 0 heterocycles. The minimum Gasteiger partial charge on any atom is -0.458 e. The third-order valence-electron chi connectivity index (χ3n) is 7.24. The molecule has 1 amide bonds. The summed E-state index contributed by atoms with van der Waals surface area (Å²) in [5.41, 5.74) is 4.57. The lowest BCUT2D eigenvalue weighted by molar-refractivity contribution is -0.185. The molecule has 17 nitrogen and oxygen atoms in total. The molecule has 0 aliphatic heterocycles. The Hall–Kier alpha value is -2.81. The molecule has 0 bridgehead atoms. The van der Waals surface area contributed by atoms with Crippen LogP contribution < -0.4 is 5.48 Å². The molecule has 0 aliphatic rings. The summed E-state index contributed by atoms with van der Waals surface area (Å²) in [6.45, 7) is -1.06. The van der Waals surface area contributed by atoms with E-state index in [9.17, 15) is 47.5 Å². The van der Waals surface area contributed by atoms with Crippen molar-refractivity contribution in [2.75, 3.05) is 60.5 Å². The Balaban J connectivity index is 0.000000907. The van der Waals surface area contributed by atoms with Crippen molar-refractivity contribution in [2.45, 2.75) is 69.5 Å². The maximum Gasteiger partial charge on any atom is 0.422 e. The van der Waals surface area contributed by atoms with Gasteiger partial charge in [-0.25, -0.2) is 5.06 Å². The molecule has 0 unspecified atom stereocenters. The van der Waals surface area contributed by atoms with Gasteiger partial charge in [-0.3, -0.25) is 28.4 Å². The van der Waals surface area contributed by atoms with Gasteiger partial charge in [-0.1, -0.05) is 60.7 Å². The quantitative estimate of drug-likeness (QED) is 0.0371. The van der Waals surface area contributed by atoms with Gasteiger partial charge < -0.3 is 43.3 Å². The maximum atomic E-state index is 11.9. The summed E-state index contributed by atoms with van der Waals surface area (Å²) in [6, 6.07) is 18.9. The van der Waals surface area contributed by atoms with Crippen LogP contribution in [-0.4, -0.2) is 129 Å². The van der Waals surface area contributed by atoms with Gasteiger partial charge in [0, 0.05) is 47.8 Å². The first-order valence-electron chi connectivity index (χ1n) is 17.0. The van der Waals surface area contributed by atoms with Crippen molar-refractivity contribution in [3.63, 3.8) is 0 Å². The van der Waals surface area contributed by atoms with Crippen LogP contribution in [0.4, 0.5) is 13.2 Å². The molecular weight excluding hydrogens is 795 g/mol. The number of carbonyl (C=O) groups is 2. The Morgan fingerprint density at radius 3 is 1.55 bits per heavy atom. The Kier molecular flexibility index (Phi) is 28.8. The van der Waals surface area contributed by atoms with E-state index in [1.54, 1.807) is 0 Å². The van der Waals surface area contributed by atoms with Crippen molar-refractivity contribution in [3.05, 3.63) is 71.8 Å². The molecule has 2 rings (SSSR count). The highest BCUT2D eigenvalue weighted by Gasteiger charge is 2.28. The molecule has 322 valence electrons. The number of rotatable bonds is 27. The predicted molar refractivity (Wildman–Crippen MR) is 197 cm³/mol. The zero-order valence-corrected chi connectivity index (χ0v) is 33.6. The van der Waals surface area contributed by atoms with Crippen LogP contribution in [0, 0.1) is 0 Å². The fraction of sp³-hybridized carbons (Fsp3) is 0.588. The highest BCUT2D eigenvalue weighted by atomic mass is 31.2. The van der Waals surface area contributed by atoms with Gasteiger partial charge in [0.1, 0.15) is 6.61 Å². The topological polar surface area (TPSA) is 229 Å². The van der Waals surface area contributed by atoms with Crippen LogP contribution in [0.25, 0.3) is 0 Å². The molecule has 4 atom stereocenters. The smallest absolute Gasteiger partial charge is 0.422 e. The second-order valence-corrected chi connectivity index (χ2v) is 16.5. The molecule has 0 radical (unpaired) electrons. The highest BCUT2D eigenvalue weighted by Crippen LogP contribution is 2.47. The van der Waals surface area contributed by atoms with Crippen LogP contribution in [0.15, 0.2) is 60.7 Å². The Morgan fingerprint density at radius 2 is 1.16 bits per heavy atom. The number of hydrogen-bond acceptors (Lipinski definition) is 16. The van der Waals surface area contributed by atoms with E-state index in [4.69, 9.17) is 32.6 Å². The molecule has 0 saturated carbocycles. The fourth-order valence-corrected chi connectivity index (χ4v) is 6.46. The molecule has 0 spiro atoms. The lowest BCUT2D eigenvalue weighted by Gasteiger charge is -2.22. The minimum absolute atomic E-state index is 0.00641. The summed E-state index contributed by atoms with van der Waals surface area (Å²) < 4.78 is 79.1. The van der Waals surface area contributed by atoms with Crippen molar-refractivity contribution in [3.8, 4) is 0 Å². The third-order valence-corrected chi connectivity index (χ3v) is 11.1. The number of alkyl halides is 3. The third kappa shape index (κ3) is 27.7. The number of hydroxylamine groups is 3. The van der Waals surface area contributed by atoms with Gasteiger partial charge in [0.05, 0.1) is 49.9 Å². The van der Waals surface area contributed by atoms with Crippen molar-refractivity contribution in [1.29, 1.82) is 0 Å². The van der Waals surface area contributed by atoms with Crippen LogP contribution in [0.1, 0.15) is 36.8 Å². The Morgan fingerprint density at radius 1 is 0.714 bits per heavy atom. The molecule has 0 aliphatic carbocycles. The number of nitrogens with one attached hydrogen (secondary N) is 1. The molecule has 0 aromatic heterocycles. The van der Waals surface area contributed by atoms with Crippen LogP contribution in [0.5, 0.6) is 0 Å². The maximum absolute atomic E-state index is 11.9. The fourth-order valence-electron chi connectivity index (χ4n) is 4.21. The summed E-state index contributed by atoms with van der Waals surface area (Å²) in [5.74, 6) is 0. The normalized spacial score (nSPS) is 13.8. The zero-order valence-electron chi connectivity index (χ0n) is 31.8. The molecule has 0 saturated heterocycles. The van der Waals surface area contributed by atoms with E-state index in [1.165, 1.54) is 28.4 Å². The molecule has 22 heteroatoms. The SMILES string of the molecule is COP(=O)(CC[C@@H](O)C[C@@H](O)CN(C=O)OCc1ccccc1)OC.COP(=O)(CC[C@@H](O)C[C@@H](O)CNOCc1ccccc1)OC.O=COCC(F)(F)F. The zero-order chi connectivity index (χ0) is 42.5. The highest BCUT2D eigenvalue weighted by molar-refractivity contribution is 7.54. The summed E-state index contributed by atoms with van der Waals surface area (Å²) in [6.07, 6.45) is -6.73. The number of hydrogen-bond donors (Lipinski definition) is 5. The molecule has 2 aromatic carbocycles. The lowest BCUT2D eigenvalue weighted by atomic mass is 10.1. The molecule has 56 heavy (non-hydrogen) atoms. The van der Waals surface area contributed by atoms with E-state index >= 15 is 0 Å². The first-order valence-corrected chi connectivity index (χ1v) is 20.5. The van der Waals surface area contributed by atoms with Gasteiger partial charge in [0.25, 0.3) is 6.47 Å². The average molecular weight is 851 g/mol. The minimum atomic E-state index is -4.40. The van der Waals surface area contributed by atoms with Crippen molar-refractivity contribution in [1.82, 2.24) is 10.5 Å². The second-order valence-electron chi connectivity index (χ2n) is 11.7. The number of benzene rings is 2. The number of amides is 1. The Labute approximate surface area is 324 Å². The summed E-state index contributed by atoms with van der Waals surface area (Å²) in [4.78, 5) is 30.7. The van der Waals surface area contributed by atoms with Crippen LogP contribution >= 0.6 is 15.2 Å². The number of carbonyl (C=O) groups excluding carboxylic acids is 2. The van der Waals surface area contributed by atoms with E-state index in [2.05, 4.69) is 10.2 Å². The van der Waals surface area contributed by atoms with Gasteiger partial charge >= 0.3 is 21.4 Å². The lowest BCUT2D eigenvalue weighted by Crippen LogP contribution is -2.33. The number of ether oxygens (including phenoxy) is 1. The van der Waals surface area contributed by atoms with Gasteiger partial charge in [-0.2, -0.15) is 18.7 Å². The summed E-state index contributed by atoms with van der Waals surface area (Å²) >= 11 is 0. The monoisotopic (exact) mass is 850 g/mol. The molecule has 2 aromatic rings. The standard InChI is InChI=1S/C16H26NO7P.C15H26NO6P.C3H3F3O2/c1-22-25(21,23-2)9-8-15(19)10-16(20)11-17(13-18)24-12-14-6-4-3-5-7-14;1-20-23(19,21-2)9-8-14(17)10-15(18)11-16-22-12-13-6-4-3-5-7-13;4-3(5,6)1-8-2-7/h3-7,13,15-16,19-20H,8-12H2,1-2H3;3-7,14-18H,8-12H2,1-2H3;2H,1H2/t15-,16-;14-,15-;/m11./s1. The van der Waals surface area contributed by atoms with Crippen LogP contribution in [0.2, 0.25) is 0 Å². The number of aliphatic hydroxyl groups excluding tert-OH is 4. The van der Waals surface area contributed by atoms with Gasteiger partial charge in [0.2, 0.25) is 6.41 Å². The van der Waals surface area contributed by atoms with Gasteiger partial charge in [-0.15, -0.1) is 0 Å². The molecular formula is C34H55F3N2O15P2. The summed E-state index contributed by atoms with van der Waals surface area (Å²) in [7, 11) is -1.15. The van der Waals surface area contributed by atoms with E-state index < -0.39 is 52.4 Å². The van der Waals surface area contributed by atoms with Crippen molar-refractivity contribution in [2.24, 2.45) is 0 Å². The van der Waals surface area contributed by atoms with E-state index in [0.29, 0.717) is 13.0 Å². The van der Waals surface area contributed by atoms with Crippen molar-refractivity contribution < 1.29 is 84.8 Å². The number of aliphatic hydroxyl groups is 4. The van der Waals surface area contributed by atoms with Gasteiger partial charge in [0.15, 0.2) is 6.61 Å². The molecule has 5 N–H and O–H groups in total. The summed E-state index contributed by atoms with van der Waals surface area (Å²) in [5, 5.41) is 40.6. The first-order chi connectivity index (χ1) is 26.5. The predicted octanol–water partition coefficient (Wildman–Crippen LogP) is 3.98. The van der Waals surface area contributed by atoms with E-state index in [1.807, 2.05) is 60.7 Å². The number of nitrogens with zero attached hydrogens (tertiary/aromatic N) is 1. The second kappa shape index (κ2) is 30.3. The van der Waals surface area contributed by atoms with Crippen molar-refractivity contribution >= 4 is 28.1 Å². The first kappa shape index (κ1) is 53.2. The van der Waals surface area contributed by atoms with Crippen LogP contribution in [-0.2, 0) is 64.4 Å².